The molecule has 1 fully saturated rings. The quantitative estimate of drug-likeness (QED) is 0.451. The van der Waals surface area contributed by atoms with E-state index in [4.69, 9.17) is 0 Å². The lowest BCUT2D eigenvalue weighted by Gasteiger charge is -2.29. The molecule has 0 saturated carbocycles. The van der Waals surface area contributed by atoms with Gasteiger partial charge in [0, 0.05) is 12.6 Å². The number of alkyl halides is 6. The number of carbonyl (C=O) groups excluding carboxylic acids is 2. The number of amides is 1. The van der Waals surface area contributed by atoms with E-state index >= 15 is 0 Å². The summed E-state index contributed by atoms with van der Waals surface area (Å²) in [6, 6.07) is -0.374. The van der Waals surface area contributed by atoms with Gasteiger partial charge in [0.2, 0.25) is 0 Å². The van der Waals surface area contributed by atoms with E-state index in [0.29, 0.717) is 0 Å². The Morgan fingerprint density at radius 1 is 1.06 bits per heavy atom. The average Bonchev–Trinajstić information content (AvgIpc) is 3.01. The van der Waals surface area contributed by atoms with Crippen molar-refractivity contribution < 1.29 is 49.1 Å². The molecule has 0 aromatic heterocycles. The minimum Gasteiger partial charge on any atom is -0.452 e. The summed E-state index contributed by atoms with van der Waals surface area (Å²) in [4.78, 5) is 25.9. The summed E-state index contributed by atoms with van der Waals surface area (Å²) in [6.45, 7) is 2.70. The van der Waals surface area contributed by atoms with Gasteiger partial charge in [-0.05, 0) is 30.5 Å². The molecule has 6 nitrogen and oxygen atoms in total. The predicted molar refractivity (Wildman–Crippen MR) is 100 cm³/mol. The predicted octanol–water partition coefficient (Wildman–Crippen LogP) is 3.55. The van der Waals surface area contributed by atoms with Crippen molar-refractivity contribution in [3.8, 4) is 0 Å². The highest BCUT2D eigenvalue weighted by atomic mass is 32.2. The number of carbonyl (C=O) groups is 2. The topological polar surface area (TPSA) is 80.8 Å². The molecule has 2 rings (SSSR count). The highest BCUT2D eigenvalue weighted by Crippen LogP contribution is 2.36. The number of esters is 1. The maximum Gasteiger partial charge on any atom is 0.416 e. The summed E-state index contributed by atoms with van der Waals surface area (Å²) < 4.78 is 106. The molecule has 1 aromatic rings. The van der Waals surface area contributed by atoms with Crippen LogP contribution in [0.15, 0.2) is 18.2 Å². The molecule has 1 saturated heterocycles. The van der Waals surface area contributed by atoms with Gasteiger partial charge in [-0.1, -0.05) is 13.8 Å². The molecule has 1 aliphatic heterocycles. The van der Waals surface area contributed by atoms with E-state index in [1.54, 1.807) is 13.8 Å². The molecule has 0 spiro atoms. The van der Waals surface area contributed by atoms with E-state index in [1.807, 2.05) is 0 Å². The Morgan fingerprint density at radius 3 is 2.00 bits per heavy atom. The van der Waals surface area contributed by atoms with E-state index < -0.39 is 63.4 Å². The first kappa shape index (κ1) is 25.9. The van der Waals surface area contributed by atoms with Crippen LogP contribution in [0.25, 0.3) is 0 Å². The van der Waals surface area contributed by atoms with Crippen molar-refractivity contribution in [1.29, 1.82) is 0 Å². The van der Waals surface area contributed by atoms with Crippen LogP contribution < -0.4 is 0 Å². The molecule has 13 heteroatoms. The Balaban J connectivity index is 2.20. The number of rotatable bonds is 6. The number of hydrogen-bond donors (Lipinski definition) is 0. The summed E-state index contributed by atoms with van der Waals surface area (Å²) >= 11 is 0. The zero-order chi connectivity index (χ0) is 24.5. The molecule has 0 aliphatic carbocycles. The summed E-state index contributed by atoms with van der Waals surface area (Å²) in [5.74, 6) is -2.81. The molecule has 0 N–H and O–H groups in total. The molecule has 0 bridgehead atoms. The number of halogens is 6. The Hall–Kier alpha value is -2.31. The van der Waals surface area contributed by atoms with E-state index in [0.717, 1.165) is 0 Å². The Labute approximate surface area is 180 Å². The number of ether oxygens (including phenoxy) is 1. The molecular weight excluding hydrogens is 468 g/mol. The Kier molecular flexibility index (Phi) is 7.52. The van der Waals surface area contributed by atoms with Crippen LogP contribution >= 0.6 is 0 Å². The first-order valence-electron chi connectivity index (χ1n) is 9.46. The van der Waals surface area contributed by atoms with Crippen molar-refractivity contribution in [3.63, 3.8) is 0 Å². The fourth-order valence-electron chi connectivity index (χ4n) is 3.24. The maximum absolute atomic E-state index is 12.9. The monoisotopic (exact) mass is 489 g/mol. The zero-order valence-electron chi connectivity index (χ0n) is 17.1. The minimum absolute atomic E-state index is 0.0734. The van der Waals surface area contributed by atoms with Gasteiger partial charge in [0.1, 0.15) is 0 Å². The van der Waals surface area contributed by atoms with Crippen LogP contribution in [0.4, 0.5) is 26.3 Å². The number of nitrogens with zero attached hydrogens (tertiary/aromatic N) is 1. The standard InChI is InChI=1S/C19H21F6NO5S/c1-11(2)8-26(15-3-4-32(29,30)10-15)16(27)9-31-17(28)12-5-13(18(20,21)22)7-14(6-12)19(23,24)25/h5-7,11,15H,3-4,8-10H2,1-2H3. The van der Waals surface area contributed by atoms with Gasteiger partial charge in [-0.15, -0.1) is 0 Å². The van der Waals surface area contributed by atoms with Crippen molar-refractivity contribution in [2.24, 2.45) is 5.92 Å². The van der Waals surface area contributed by atoms with Crippen molar-refractivity contribution in [1.82, 2.24) is 4.90 Å². The Morgan fingerprint density at radius 2 is 1.59 bits per heavy atom. The van der Waals surface area contributed by atoms with Crippen molar-refractivity contribution in [3.05, 3.63) is 34.9 Å². The lowest BCUT2D eigenvalue weighted by atomic mass is 10.0. The SMILES string of the molecule is CC(C)CN(C(=O)COC(=O)c1cc(C(F)(F)F)cc(C(F)(F)F)c1)C1CCS(=O)(=O)C1. The van der Waals surface area contributed by atoms with E-state index in [9.17, 15) is 44.3 Å². The molecule has 1 amide bonds. The van der Waals surface area contributed by atoms with Gasteiger partial charge in [-0.25, -0.2) is 13.2 Å². The van der Waals surface area contributed by atoms with Gasteiger partial charge in [-0.2, -0.15) is 26.3 Å². The molecular formula is C19H21F6NO5S. The van der Waals surface area contributed by atoms with Crippen LogP contribution in [-0.4, -0.2) is 55.9 Å². The third-order valence-corrected chi connectivity index (χ3v) is 6.43. The van der Waals surface area contributed by atoms with Gasteiger partial charge in [-0.3, -0.25) is 4.79 Å². The summed E-state index contributed by atoms with van der Waals surface area (Å²) in [5.41, 5.74) is -4.40. The molecule has 1 unspecified atom stereocenters. The first-order chi connectivity index (χ1) is 14.5. The van der Waals surface area contributed by atoms with Crippen molar-refractivity contribution in [2.45, 2.75) is 38.7 Å². The van der Waals surface area contributed by atoms with Crippen LogP contribution in [0.5, 0.6) is 0 Å². The third-order valence-electron chi connectivity index (χ3n) is 4.68. The smallest absolute Gasteiger partial charge is 0.416 e. The normalized spacial score (nSPS) is 18.6. The second-order valence-corrected chi connectivity index (χ2v) is 10.1. The van der Waals surface area contributed by atoms with Gasteiger partial charge >= 0.3 is 18.3 Å². The number of hydrogen-bond acceptors (Lipinski definition) is 5. The van der Waals surface area contributed by atoms with Crippen LogP contribution in [0.3, 0.4) is 0 Å². The molecule has 180 valence electrons. The van der Waals surface area contributed by atoms with Crippen LogP contribution in [0, 0.1) is 5.92 Å². The fraction of sp³-hybridized carbons (Fsp3) is 0.579. The van der Waals surface area contributed by atoms with Crippen LogP contribution in [0.1, 0.15) is 41.8 Å². The first-order valence-corrected chi connectivity index (χ1v) is 11.3. The largest absolute Gasteiger partial charge is 0.452 e. The fourth-order valence-corrected chi connectivity index (χ4v) is 4.97. The summed E-state index contributed by atoms with van der Waals surface area (Å²) in [6.07, 6.45) is -10.1. The summed E-state index contributed by atoms with van der Waals surface area (Å²) in [7, 11) is -3.34. The molecule has 1 aromatic carbocycles. The molecule has 1 aliphatic rings. The number of benzene rings is 1. The van der Waals surface area contributed by atoms with E-state index in [1.165, 1.54) is 4.90 Å². The average molecular weight is 489 g/mol. The van der Waals surface area contributed by atoms with Gasteiger partial charge in [0.05, 0.1) is 28.2 Å². The van der Waals surface area contributed by atoms with Gasteiger partial charge in [0.25, 0.3) is 5.91 Å². The molecule has 32 heavy (non-hydrogen) atoms. The lowest BCUT2D eigenvalue weighted by Crippen LogP contribution is -2.45. The third kappa shape index (κ3) is 6.84. The van der Waals surface area contributed by atoms with E-state index in [-0.39, 0.29) is 48.6 Å². The lowest BCUT2D eigenvalue weighted by molar-refractivity contribution is -0.143. The highest BCUT2D eigenvalue weighted by Gasteiger charge is 2.38. The second kappa shape index (κ2) is 9.28. The van der Waals surface area contributed by atoms with Gasteiger partial charge in [0.15, 0.2) is 16.4 Å². The zero-order valence-corrected chi connectivity index (χ0v) is 17.9. The molecule has 0 radical (unpaired) electrons. The van der Waals surface area contributed by atoms with Crippen molar-refractivity contribution >= 4 is 21.7 Å². The molecule has 1 atom stereocenters. The number of sulfone groups is 1. The highest BCUT2D eigenvalue weighted by molar-refractivity contribution is 7.91. The van der Waals surface area contributed by atoms with Crippen LogP contribution in [-0.2, 0) is 31.7 Å². The second-order valence-electron chi connectivity index (χ2n) is 7.87. The van der Waals surface area contributed by atoms with Crippen molar-refractivity contribution in [2.75, 3.05) is 24.7 Å². The van der Waals surface area contributed by atoms with Gasteiger partial charge < -0.3 is 9.64 Å². The van der Waals surface area contributed by atoms with E-state index in [2.05, 4.69) is 4.74 Å². The van der Waals surface area contributed by atoms with Crippen LogP contribution in [0.2, 0.25) is 0 Å². The minimum atomic E-state index is -5.14. The maximum atomic E-state index is 12.9. The summed E-state index contributed by atoms with van der Waals surface area (Å²) in [5, 5.41) is 0. The molecule has 1 heterocycles. The Bertz CT molecular complexity index is 939.